The van der Waals surface area contributed by atoms with Gasteiger partial charge >= 0.3 is 0 Å². The Bertz CT molecular complexity index is 1170. The Morgan fingerprint density at radius 3 is 2.55 bits per heavy atom. The minimum absolute atomic E-state index is 0.0281. The zero-order valence-electron chi connectivity index (χ0n) is 17.9. The maximum Gasteiger partial charge on any atom is 0.283 e. The summed E-state index contributed by atoms with van der Waals surface area (Å²) in [5, 5.41) is 0. The van der Waals surface area contributed by atoms with E-state index in [1.807, 2.05) is 36.4 Å². The first kappa shape index (κ1) is 19.4. The van der Waals surface area contributed by atoms with Crippen molar-refractivity contribution < 1.29 is 14.2 Å². The highest BCUT2D eigenvalue weighted by atomic mass is 16.5. The molecule has 1 atom stereocenters. The monoisotopic (exact) mass is 415 g/mol. The summed E-state index contributed by atoms with van der Waals surface area (Å²) in [6.07, 6.45) is 1.69. The SMILES string of the molecule is CC(C)(C)COc1cnc2c(c1)[C@]1(COC(N)=N1)c1cc(-c3ccccc3)ccc1O2. The number of fused-ring (bicyclic) bond motifs is 4. The average molecular weight is 415 g/mol. The molecule has 0 fully saturated rings. The summed E-state index contributed by atoms with van der Waals surface area (Å²) in [6.45, 7) is 7.23. The first-order valence-electron chi connectivity index (χ1n) is 10.3. The largest absolute Gasteiger partial charge is 0.491 e. The Morgan fingerprint density at radius 1 is 1.03 bits per heavy atom. The van der Waals surface area contributed by atoms with Gasteiger partial charge in [-0.05, 0) is 34.7 Å². The second kappa shape index (κ2) is 7.01. The van der Waals surface area contributed by atoms with Crippen LogP contribution in [0.4, 0.5) is 0 Å². The summed E-state index contributed by atoms with van der Waals surface area (Å²) in [5.74, 6) is 1.86. The highest BCUT2D eigenvalue weighted by Gasteiger charge is 2.48. The van der Waals surface area contributed by atoms with Crippen LogP contribution in [0.1, 0.15) is 31.9 Å². The van der Waals surface area contributed by atoms with Crippen molar-refractivity contribution >= 4 is 6.02 Å². The normalized spacial score (nSPS) is 19.1. The Labute approximate surface area is 181 Å². The van der Waals surface area contributed by atoms with Crippen molar-refractivity contribution in [2.24, 2.45) is 16.1 Å². The number of pyridine rings is 1. The Balaban J connectivity index is 1.63. The molecule has 0 aliphatic carbocycles. The summed E-state index contributed by atoms with van der Waals surface area (Å²) in [5.41, 5.74) is 9.06. The number of nitrogens with two attached hydrogens (primary N) is 1. The van der Waals surface area contributed by atoms with E-state index in [0.717, 1.165) is 22.3 Å². The lowest BCUT2D eigenvalue weighted by molar-refractivity contribution is 0.196. The molecule has 0 radical (unpaired) electrons. The number of hydrogen-bond donors (Lipinski definition) is 1. The van der Waals surface area contributed by atoms with Crippen LogP contribution in [0.5, 0.6) is 17.4 Å². The van der Waals surface area contributed by atoms with Crippen molar-refractivity contribution in [3.8, 4) is 28.5 Å². The summed E-state index contributed by atoms with van der Waals surface area (Å²) in [6, 6.07) is 18.4. The Kier molecular flexibility index (Phi) is 4.39. The number of ether oxygens (including phenoxy) is 3. The van der Waals surface area contributed by atoms with Gasteiger partial charge in [0.2, 0.25) is 5.88 Å². The molecule has 31 heavy (non-hydrogen) atoms. The number of benzene rings is 2. The summed E-state index contributed by atoms with van der Waals surface area (Å²) < 4.78 is 17.8. The van der Waals surface area contributed by atoms with Crippen LogP contribution in [0.3, 0.4) is 0 Å². The number of rotatable bonds is 3. The molecule has 1 aromatic heterocycles. The van der Waals surface area contributed by atoms with E-state index in [9.17, 15) is 0 Å². The molecule has 0 saturated heterocycles. The molecule has 2 aliphatic rings. The van der Waals surface area contributed by atoms with Gasteiger partial charge in [-0.25, -0.2) is 9.98 Å². The smallest absolute Gasteiger partial charge is 0.283 e. The Morgan fingerprint density at radius 2 is 1.84 bits per heavy atom. The van der Waals surface area contributed by atoms with Crippen molar-refractivity contribution in [1.29, 1.82) is 0 Å². The van der Waals surface area contributed by atoms with Gasteiger partial charge in [0.25, 0.3) is 6.02 Å². The van der Waals surface area contributed by atoms with Crippen LogP contribution in [0.2, 0.25) is 0 Å². The first-order valence-corrected chi connectivity index (χ1v) is 10.3. The van der Waals surface area contributed by atoms with E-state index in [2.05, 4.69) is 44.0 Å². The molecule has 2 aromatic carbocycles. The van der Waals surface area contributed by atoms with Crippen molar-refractivity contribution in [2.75, 3.05) is 13.2 Å². The van der Waals surface area contributed by atoms with E-state index in [1.54, 1.807) is 6.20 Å². The van der Waals surface area contributed by atoms with Gasteiger partial charge in [-0.1, -0.05) is 57.2 Å². The quantitative estimate of drug-likeness (QED) is 0.660. The number of aliphatic imine (C=N–C) groups is 1. The van der Waals surface area contributed by atoms with Gasteiger partial charge in [-0.3, -0.25) is 0 Å². The Hall–Kier alpha value is -3.54. The molecule has 0 bridgehead atoms. The third kappa shape index (κ3) is 3.48. The number of nitrogens with zero attached hydrogens (tertiary/aromatic N) is 2. The van der Waals surface area contributed by atoms with Crippen LogP contribution in [0.25, 0.3) is 11.1 Å². The van der Waals surface area contributed by atoms with Crippen LogP contribution in [-0.4, -0.2) is 24.2 Å². The van der Waals surface area contributed by atoms with Crippen LogP contribution < -0.4 is 15.2 Å². The maximum atomic E-state index is 6.16. The molecule has 0 amide bonds. The molecule has 0 saturated carbocycles. The van der Waals surface area contributed by atoms with Crippen LogP contribution in [0, 0.1) is 5.41 Å². The van der Waals surface area contributed by atoms with E-state index in [0.29, 0.717) is 24.0 Å². The molecule has 3 aromatic rings. The van der Waals surface area contributed by atoms with Crippen LogP contribution >= 0.6 is 0 Å². The highest BCUT2D eigenvalue weighted by molar-refractivity contribution is 5.77. The molecule has 2 N–H and O–H groups in total. The van der Waals surface area contributed by atoms with Gasteiger partial charge in [-0.2, -0.15) is 0 Å². The molecule has 2 aliphatic heterocycles. The predicted octanol–water partition coefficient (Wildman–Crippen LogP) is 4.87. The molecule has 6 heteroatoms. The van der Waals surface area contributed by atoms with Gasteiger partial charge in [0.05, 0.1) is 18.4 Å². The minimum atomic E-state index is -0.827. The van der Waals surface area contributed by atoms with Gasteiger partial charge in [0.15, 0.2) is 5.54 Å². The number of hydrogen-bond acceptors (Lipinski definition) is 6. The van der Waals surface area contributed by atoms with Gasteiger partial charge in [0, 0.05) is 5.56 Å². The van der Waals surface area contributed by atoms with Gasteiger partial charge in [-0.15, -0.1) is 0 Å². The van der Waals surface area contributed by atoms with E-state index >= 15 is 0 Å². The molecular weight excluding hydrogens is 390 g/mol. The van der Waals surface area contributed by atoms with Crippen molar-refractivity contribution in [2.45, 2.75) is 26.3 Å². The van der Waals surface area contributed by atoms with Gasteiger partial charge in [0.1, 0.15) is 18.1 Å². The number of aromatic nitrogens is 1. The summed E-state index contributed by atoms with van der Waals surface area (Å²) in [4.78, 5) is 9.27. The molecule has 5 rings (SSSR count). The van der Waals surface area contributed by atoms with Crippen molar-refractivity contribution in [1.82, 2.24) is 4.98 Å². The summed E-state index contributed by atoms with van der Waals surface area (Å²) >= 11 is 0. The molecular formula is C25H25N3O3. The number of amidine groups is 1. The lowest BCUT2D eigenvalue weighted by Gasteiger charge is -2.33. The zero-order chi connectivity index (χ0) is 21.6. The van der Waals surface area contributed by atoms with E-state index in [4.69, 9.17) is 24.9 Å². The molecule has 6 nitrogen and oxygen atoms in total. The summed E-state index contributed by atoms with van der Waals surface area (Å²) in [7, 11) is 0. The van der Waals surface area contributed by atoms with Crippen LogP contribution in [-0.2, 0) is 10.3 Å². The van der Waals surface area contributed by atoms with Crippen molar-refractivity contribution in [3.63, 3.8) is 0 Å². The first-order chi connectivity index (χ1) is 14.8. The second-order valence-electron chi connectivity index (χ2n) is 9.15. The zero-order valence-corrected chi connectivity index (χ0v) is 17.9. The lowest BCUT2D eigenvalue weighted by Crippen LogP contribution is -2.31. The van der Waals surface area contributed by atoms with E-state index in [1.165, 1.54) is 0 Å². The fraction of sp³-hybridized carbons (Fsp3) is 0.280. The van der Waals surface area contributed by atoms with Crippen molar-refractivity contribution in [3.05, 3.63) is 71.9 Å². The molecule has 3 heterocycles. The lowest BCUT2D eigenvalue weighted by atomic mass is 9.81. The standard InChI is InChI=1S/C25H25N3O3/c1-24(2,3)14-29-18-12-20-22(27-13-18)31-21-10-9-17(16-7-5-4-6-8-16)11-19(21)25(20)15-30-23(26)28-25/h4-13H,14-15H2,1-3H3,(H2,26,28)/t25-/m0/s1. The molecule has 158 valence electrons. The second-order valence-corrected chi connectivity index (χ2v) is 9.15. The maximum absolute atomic E-state index is 6.16. The predicted molar refractivity (Wildman–Crippen MR) is 119 cm³/mol. The molecule has 0 unspecified atom stereocenters. The topological polar surface area (TPSA) is 79.0 Å². The van der Waals surface area contributed by atoms with E-state index < -0.39 is 5.54 Å². The highest BCUT2D eigenvalue weighted by Crippen LogP contribution is 2.51. The fourth-order valence-electron chi connectivity index (χ4n) is 3.90. The van der Waals surface area contributed by atoms with E-state index in [-0.39, 0.29) is 18.0 Å². The third-order valence-corrected chi connectivity index (χ3v) is 5.41. The van der Waals surface area contributed by atoms with Crippen LogP contribution in [0.15, 0.2) is 65.8 Å². The van der Waals surface area contributed by atoms with Gasteiger partial charge < -0.3 is 19.9 Å². The fourth-order valence-corrected chi connectivity index (χ4v) is 3.90. The molecule has 1 spiro atoms. The third-order valence-electron chi connectivity index (χ3n) is 5.41. The average Bonchev–Trinajstić information content (AvgIpc) is 3.15. The minimum Gasteiger partial charge on any atom is -0.491 e.